The molecule has 0 saturated carbocycles. The topological polar surface area (TPSA) is 97.6 Å². The Morgan fingerprint density at radius 2 is 1.72 bits per heavy atom. The Balaban J connectivity index is 1.62. The van der Waals surface area contributed by atoms with Crippen molar-refractivity contribution in [1.82, 2.24) is 4.57 Å². The fourth-order valence-corrected chi connectivity index (χ4v) is 7.03. The summed E-state index contributed by atoms with van der Waals surface area (Å²) in [5, 5.41) is 0. The van der Waals surface area contributed by atoms with Gasteiger partial charge in [0, 0.05) is 10.0 Å². The second-order valence-corrected chi connectivity index (χ2v) is 12.8. The van der Waals surface area contributed by atoms with Crippen molar-refractivity contribution in [2.24, 2.45) is 4.99 Å². The maximum absolute atomic E-state index is 14.2. The minimum absolute atomic E-state index is 0.169. The molecule has 1 aliphatic rings. The third-order valence-corrected chi connectivity index (χ3v) is 9.28. The average molecular weight is 773 g/mol. The number of halogens is 2. The summed E-state index contributed by atoms with van der Waals surface area (Å²) in [5.74, 6) is 1.41. The lowest BCUT2D eigenvalue weighted by Gasteiger charge is -2.26. The second-order valence-electron chi connectivity index (χ2n) is 10.1. The van der Waals surface area contributed by atoms with Crippen molar-refractivity contribution >= 4 is 55.2 Å². The predicted molar refractivity (Wildman–Crippen MR) is 184 cm³/mol. The molecule has 1 atom stereocenters. The van der Waals surface area contributed by atoms with Crippen LogP contribution in [-0.4, -0.2) is 38.0 Å². The molecule has 46 heavy (non-hydrogen) atoms. The number of carbonyl (C=O) groups is 1. The lowest BCUT2D eigenvalue weighted by atomic mass is 9.94. The van der Waals surface area contributed by atoms with E-state index in [4.69, 9.17) is 23.7 Å². The molecule has 1 aromatic heterocycles. The van der Waals surface area contributed by atoms with Crippen LogP contribution in [0.15, 0.2) is 84.6 Å². The molecule has 0 radical (unpaired) electrons. The van der Waals surface area contributed by atoms with Crippen molar-refractivity contribution in [3.63, 3.8) is 0 Å². The van der Waals surface area contributed by atoms with Crippen LogP contribution in [0.5, 0.6) is 23.0 Å². The van der Waals surface area contributed by atoms with E-state index in [9.17, 15) is 9.59 Å². The Kier molecular flexibility index (Phi) is 10.7. The van der Waals surface area contributed by atoms with Gasteiger partial charge in [-0.1, -0.05) is 51.5 Å². The Morgan fingerprint density at radius 1 is 0.978 bits per heavy atom. The Labute approximate surface area is 287 Å². The standard InChI is InChI=1S/C34H32Br2N2O7S/c1-6-43-30-23(9-8-10-25(30)41-4)29-28(33(40)44-7-2)19(3)37-34-38(29)32(39)27(46-34)17-21-15-24(36)31(26(16-21)42-5)45-18-20-11-13-22(35)14-12-20/h8-17,29H,6-7,18H2,1-5H3/b27-17+/t29-/m1/s1. The van der Waals surface area contributed by atoms with Gasteiger partial charge in [0.2, 0.25) is 0 Å². The first kappa shape index (κ1) is 33.5. The number of hydrogen-bond donors (Lipinski definition) is 0. The number of allylic oxidation sites excluding steroid dienone is 1. The quantitative estimate of drug-likeness (QED) is 0.165. The SMILES string of the molecule is CCOC(=O)C1=C(C)N=c2s/c(=C/c3cc(Br)c(OCc4ccc(Br)cc4)c(OC)c3)c(=O)n2[C@@H]1c1cccc(OC)c1OCC. The van der Waals surface area contributed by atoms with Gasteiger partial charge in [0.15, 0.2) is 27.8 Å². The first-order valence-corrected chi connectivity index (χ1v) is 16.8. The predicted octanol–water partition coefficient (Wildman–Crippen LogP) is 6.32. The van der Waals surface area contributed by atoms with Crippen LogP contribution < -0.4 is 33.8 Å². The minimum atomic E-state index is -0.857. The van der Waals surface area contributed by atoms with E-state index in [0.29, 0.717) is 66.8 Å². The average Bonchev–Trinajstić information content (AvgIpc) is 3.34. The Hall–Kier alpha value is -3.87. The van der Waals surface area contributed by atoms with Gasteiger partial charge in [-0.3, -0.25) is 9.36 Å². The molecule has 0 bridgehead atoms. The highest BCUT2D eigenvalue weighted by Crippen LogP contribution is 2.41. The van der Waals surface area contributed by atoms with Crippen molar-refractivity contribution < 1.29 is 28.5 Å². The lowest BCUT2D eigenvalue weighted by molar-refractivity contribution is -0.139. The van der Waals surface area contributed by atoms with Crippen LogP contribution in [0.25, 0.3) is 6.08 Å². The summed E-state index contributed by atoms with van der Waals surface area (Å²) in [5.41, 5.74) is 2.68. The zero-order valence-corrected chi connectivity index (χ0v) is 29.9. The molecule has 0 fully saturated rings. The van der Waals surface area contributed by atoms with Crippen molar-refractivity contribution in [1.29, 1.82) is 0 Å². The number of benzene rings is 3. The number of rotatable bonds is 11. The number of fused-ring (bicyclic) bond motifs is 1. The van der Waals surface area contributed by atoms with E-state index in [1.165, 1.54) is 15.9 Å². The van der Waals surface area contributed by atoms with Crippen LogP contribution in [0.2, 0.25) is 0 Å². The molecular formula is C34H32Br2N2O7S. The number of ether oxygens (including phenoxy) is 5. The summed E-state index contributed by atoms with van der Waals surface area (Å²) >= 11 is 8.30. The van der Waals surface area contributed by atoms with Gasteiger partial charge in [0.25, 0.3) is 5.56 Å². The van der Waals surface area contributed by atoms with Crippen molar-refractivity contribution in [2.45, 2.75) is 33.4 Å². The highest BCUT2D eigenvalue weighted by atomic mass is 79.9. The maximum Gasteiger partial charge on any atom is 0.338 e. The van der Waals surface area contributed by atoms with Crippen LogP contribution in [0.4, 0.5) is 0 Å². The lowest BCUT2D eigenvalue weighted by Crippen LogP contribution is -2.40. The zero-order chi connectivity index (χ0) is 33.0. The fourth-order valence-electron chi connectivity index (χ4n) is 5.14. The molecule has 0 amide bonds. The molecule has 0 spiro atoms. The third-order valence-electron chi connectivity index (χ3n) is 7.18. The summed E-state index contributed by atoms with van der Waals surface area (Å²) in [6.07, 6.45) is 1.77. The maximum atomic E-state index is 14.2. The molecule has 240 valence electrons. The molecular weight excluding hydrogens is 740 g/mol. The van der Waals surface area contributed by atoms with E-state index < -0.39 is 12.0 Å². The number of methoxy groups -OCH3 is 2. The molecule has 0 saturated heterocycles. The molecule has 12 heteroatoms. The van der Waals surface area contributed by atoms with E-state index >= 15 is 0 Å². The Morgan fingerprint density at radius 3 is 2.39 bits per heavy atom. The van der Waals surface area contributed by atoms with Crippen LogP contribution in [0.1, 0.15) is 43.5 Å². The smallest absolute Gasteiger partial charge is 0.338 e. The van der Waals surface area contributed by atoms with Crippen LogP contribution in [0, 0.1) is 0 Å². The van der Waals surface area contributed by atoms with Gasteiger partial charge in [-0.05, 0) is 84.2 Å². The second kappa shape index (κ2) is 14.7. The van der Waals surface area contributed by atoms with E-state index in [2.05, 4.69) is 36.9 Å². The fraction of sp³-hybridized carbons (Fsp3) is 0.265. The van der Waals surface area contributed by atoms with Gasteiger partial charge in [-0.2, -0.15) is 0 Å². The Bertz CT molecular complexity index is 1980. The summed E-state index contributed by atoms with van der Waals surface area (Å²) in [7, 11) is 3.11. The number of esters is 1. The number of nitrogens with zero attached hydrogens (tertiary/aromatic N) is 2. The van der Waals surface area contributed by atoms with Crippen LogP contribution >= 0.6 is 43.2 Å². The van der Waals surface area contributed by atoms with E-state index in [-0.39, 0.29) is 17.7 Å². The molecule has 4 aromatic rings. The summed E-state index contributed by atoms with van der Waals surface area (Å²) in [6, 6.07) is 16.1. The summed E-state index contributed by atoms with van der Waals surface area (Å²) < 4.78 is 32.4. The van der Waals surface area contributed by atoms with Crippen molar-refractivity contribution in [2.75, 3.05) is 27.4 Å². The molecule has 0 N–H and O–H groups in total. The number of aromatic nitrogens is 1. The number of hydrogen-bond acceptors (Lipinski definition) is 9. The third kappa shape index (κ3) is 6.79. The summed E-state index contributed by atoms with van der Waals surface area (Å²) in [6.45, 7) is 6.20. The first-order valence-electron chi connectivity index (χ1n) is 14.4. The van der Waals surface area contributed by atoms with Gasteiger partial charge < -0.3 is 23.7 Å². The van der Waals surface area contributed by atoms with Crippen LogP contribution in [-0.2, 0) is 16.1 Å². The van der Waals surface area contributed by atoms with Gasteiger partial charge in [-0.15, -0.1) is 0 Å². The largest absolute Gasteiger partial charge is 0.493 e. The normalized spacial score (nSPS) is 14.4. The van der Waals surface area contributed by atoms with Crippen molar-refractivity contribution in [3.05, 3.63) is 111 Å². The number of para-hydroxylation sites is 1. The van der Waals surface area contributed by atoms with Gasteiger partial charge in [0.1, 0.15) is 12.6 Å². The highest BCUT2D eigenvalue weighted by Gasteiger charge is 2.36. The first-order chi connectivity index (χ1) is 22.2. The molecule has 5 rings (SSSR count). The van der Waals surface area contributed by atoms with Gasteiger partial charge >= 0.3 is 5.97 Å². The van der Waals surface area contributed by atoms with Gasteiger partial charge in [-0.25, -0.2) is 9.79 Å². The molecule has 0 unspecified atom stereocenters. The molecule has 2 heterocycles. The van der Waals surface area contributed by atoms with Crippen molar-refractivity contribution in [3.8, 4) is 23.0 Å². The monoisotopic (exact) mass is 770 g/mol. The van der Waals surface area contributed by atoms with Crippen LogP contribution in [0.3, 0.4) is 0 Å². The molecule has 3 aromatic carbocycles. The molecule has 0 aliphatic carbocycles. The molecule has 1 aliphatic heterocycles. The zero-order valence-electron chi connectivity index (χ0n) is 25.9. The van der Waals surface area contributed by atoms with E-state index in [0.717, 1.165) is 10.0 Å². The molecule has 9 nitrogen and oxygen atoms in total. The summed E-state index contributed by atoms with van der Waals surface area (Å²) in [4.78, 5) is 32.7. The van der Waals surface area contributed by atoms with E-state index in [1.807, 2.05) is 49.4 Å². The number of thiazole rings is 1. The van der Waals surface area contributed by atoms with Gasteiger partial charge in [0.05, 0.1) is 47.7 Å². The van der Waals surface area contributed by atoms with E-state index in [1.54, 1.807) is 46.3 Å². The minimum Gasteiger partial charge on any atom is -0.493 e. The number of carbonyl (C=O) groups excluding carboxylic acids is 1. The highest BCUT2D eigenvalue weighted by molar-refractivity contribution is 9.10.